The summed E-state index contributed by atoms with van der Waals surface area (Å²) in [5, 5.41) is 0. The molecule has 1 aliphatic heterocycles. The molecule has 1 fully saturated rings. The highest BCUT2D eigenvalue weighted by Crippen LogP contribution is 2.29. The predicted octanol–water partition coefficient (Wildman–Crippen LogP) is 2.93. The molecule has 1 aromatic heterocycles. The Morgan fingerprint density at radius 1 is 1.20 bits per heavy atom. The van der Waals surface area contributed by atoms with Crippen LogP contribution in [0, 0.1) is 20.8 Å². The number of nitrogens with zero attached hydrogens (tertiary/aromatic N) is 3. The molecule has 0 spiro atoms. The van der Waals surface area contributed by atoms with Gasteiger partial charge in [0.15, 0.2) is 0 Å². The first-order valence-electron chi connectivity index (χ1n) is 8.88. The average Bonchev–Trinajstić information content (AvgIpc) is 2.58. The molecule has 2 N–H and O–H groups in total. The van der Waals surface area contributed by atoms with Crippen molar-refractivity contribution in [1.82, 2.24) is 14.9 Å². The molecule has 1 aromatic carbocycles. The Morgan fingerprint density at radius 2 is 1.88 bits per heavy atom. The summed E-state index contributed by atoms with van der Waals surface area (Å²) in [5.41, 5.74) is 10.8. The SMILES string of the molecule is Cc1ccccc1C1CCCN(C(=O)Cc2c(C)nc(N)nc2C)C1. The van der Waals surface area contributed by atoms with Crippen molar-refractivity contribution in [2.24, 2.45) is 0 Å². The van der Waals surface area contributed by atoms with E-state index in [1.165, 1.54) is 11.1 Å². The van der Waals surface area contributed by atoms with Gasteiger partial charge >= 0.3 is 0 Å². The second kappa shape index (κ2) is 7.21. The molecule has 3 rings (SSSR count). The van der Waals surface area contributed by atoms with Crippen LogP contribution < -0.4 is 5.73 Å². The topological polar surface area (TPSA) is 72.1 Å². The van der Waals surface area contributed by atoms with E-state index in [0.29, 0.717) is 12.3 Å². The summed E-state index contributed by atoms with van der Waals surface area (Å²) in [5.74, 6) is 0.838. The van der Waals surface area contributed by atoms with E-state index in [4.69, 9.17) is 5.73 Å². The minimum atomic E-state index is 0.151. The zero-order valence-corrected chi connectivity index (χ0v) is 15.2. The second-order valence-corrected chi connectivity index (χ2v) is 6.94. The molecule has 1 atom stereocenters. The van der Waals surface area contributed by atoms with Crippen LogP contribution in [0.15, 0.2) is 24.3 Å². The standard InChI is InChI=1S/C20H26N4O/c1-13-7-4-5-9-17(13)16-8-6-10-24(12-16)19(25)11-18-14(2)22-20(21)23-15(18)3/h4-5,7,9,16H,6,8,10-12H2,1-3H3,(H2,21,22,23). The zero-order valence-electron chi connectivity index (χ0n) is 15.2. The molecule has 0 aliphatic carbocycles. The number of benzene rings is 1. The third-order valence-corrected chi connectivity index (χ3v) is 5.17. The first kappa shape index (κ1) is 17.4. The van der Waals surface area contributed by atoms with Gasteiger partial charge in [0.2, 0.25) is 11.9 Å². The van der Waals surface area contributed by atoms with Crippen LogP contribution in [0.1, 0.15) is 46.8 Å². The van der Waals surface area contributed by atoms with E-state index in [2.05, 4.69) is 41.2 Å². The molecule has 1 unspecified atom stereocenters. The van der Waals surface area contributed by atoms with Crippen LogP contribution in [-0.4, -0.2) is 33.9 Å². The number of carbonyl (C=O) groups is 1. The molecule has 5 nitrogen and oxygen atoms in total. The highest BCUT2D eigenvalue weighted by Gasteiger charge is 2.26. The summed E-state index contributed by atoms with van der Waals surface area (Å²) in [6.07, 6.45) is 2.52. The van der Waals surface area contributed by atoms with Crippen molar-refractivity contribution in [1.29, 1.82) is 0 Å². The van der Waals surface area contributed by atoms with Crippen molar-refractivity contribution in [2.45, 2.75) is 46.0 Å². The average molecular weight is 338 g/mol. The predicted molar refractivity (Wildman–Crippen MR) is 99.4 cm³/mol. The van der Waals surface area contributed by atoms with Crippen LogP contribution in [0.4, 0.5) is 5.95 Å². The van der Waals surface area contributed by atoms with E-state index in [0.717, 1.165) is 42.9 Å². The first-order chi connectivity index (χ1) is 12.0. The molecule has 0 saturated carbocycles. The molecule has 5 heteroatoms. The van der Waals surface area contributed by atoms with Crippen molar-refractivity contribution < 1.29 is 4.79 Å². The number of hydrogen-bond donors (Lipinski definition) is 1. The van der Waals surface area contributed by atoms with Gasteiger partial charge in [-0.1, -0.05) is 24.3 Å². The maximum Gasteiger partial charge on any atom is 0.227 e. The minimum Gasteiger partial charge on any atom is -0.368 e. The van der Waals surface area contributed by atoms with Crippen LogP contribution in [0.5, 0.6) is 0 Å². The summed E-state index contributed by atoms with van der Waals surface area (Å²) in [7, 11) is 0. The third kappa shape index (κ3) is 3.81. The summed E-state index contributed by atoms with van der Waals surface area (Å²) in [6, 6.07) is 8.49. The Labute approximate surface area is 149 Å². The lowest BCUT2D eigenvalue weighted by atomic mass is 9.88. The van der Waals surface area contributed by atoms with Crippen LogP contribution in [0.3, 0.4) is 0 Å². The lowest BCUT2D eigenvalue weighted by Gasteiger charge is -2.34. The fourth-order valence-electron chi connectivity index (χ4n) is 3.79. The number of aromatic nitrogens is 2. The summed E-state index contributed by atoms with van der Waals surface area (Å²) in [4.78, 5) is 23.3. The molecule has 1 saturated heterocycles. The Morgan fingerprint density at radius 3 is 2.56 bits per heavy atom. The molecular weight excluding hydrogens is 312 g/mol. The molecule has 0 bridgehead atoms. The van der Waals surface area contributed by atoms with E-state index >= 15 is 0 Å². The maximum atomic E-state index is 12.9. The maximum absolute atomic E-state index is 12.9. The Bertz CT molecular complexity index is 764. The molecule has 132 valence electrons. The van der Waals surface area contributed by atoms with E-state index in [1.807, 2.05) is 18.7 Å². The monoisotopic (exact) mass is 338 g/mol. The highest BCUT2D eigenvalue weighted by molar-refractivity contribution is 5.79. The molecule has 1 amide bonds. The lowest BCUT2D eigenvalue weighted by molar-refractivity contribution is -0.131. The summed E-state index contributed by atoms with van der Waals surface area (Å²) in [6.45, 7) is 7.54. The van der Waals surface area contributed by atoms with Gasteiger partial charge in [0.25, 0.3) is 0 Å². The van der Waals surface area contributed by atoms with Gasteiger partial charge in [0.1, 0.15) is 0 Å². The number of piperidine rings is 1. The first-order valence-corrected chi connectivity index (χ1v) is 8.88. The normalized spacial score (nSPS) is 17.6. The largest absolute Gasteiger partial charge is 0.368 e. The Balaban J connectivity index is 1.74. The molecule has 2 aromatic rings. The van der Waals surface area contributed by atoms with Gasteiger partial charge in [0.05, 0.1) is 6.42 Å². The number of nitrogen functional groups attached to an aromatic ring is 1. The number of likely N-dealkylation sites (tertiary alicyclic amines) is 1. The number of carbonyl (C=O) groups excluding carboxylic acids is 1. The number of hydrogen-bond acceptors (Lipinski definition) is 4. The van der Waals surface area contributed by atoms with E-state index < -0.39 is 0 Å². The zero-order chi connectivity index (χ0) is 18.0. The van der Waals surface area contributed by atoms with Crippen molar-refractivity contribution in [2.75, 3.05) is 18.8 Å². The van der Waals surface area contributed by atoms with Gasteiger partial charge < -0.3 is 10.6 Å². The highest BCUT2D eigenvalue weighted by atomic mass is 16.2. The lowest BCUT2D eigenvalue weighted by Crippen LogP contribution is -2.40. The van der Waals surface area contributed by atoms with Crippen molar-refractivity contribution >= 4 is 11.9 Å². The third-order valence-electron chi connectivity index (χ3n) is 5.17. The van der Waals surface area contributed by atoms with Crippen LogP contribution in [-0.2, 0) is 11.2 Å². The van der Waals surface area contributed by atoms with Gasteiger partial charge in [-0.05, 0) is 44.7 Å². The minimum absolute atomic E-state index is 0.151. The van der Waals surface area contributed by atoms with E-state index in [-0.39, 0.29) is 11.9 Å². The number of nitrogens with two attached hydrogens (primary N) is 1. The van der Waals surface area contributed by atoms with Gasteiger partial charge in [-0.3, -0.25) is 4.79 Å². The number of aryl methyl sites for hydroxylation is 3. The van der Waals surface area contributed by atoms with Crippen molar-refractivity contribution in [3.63, 3.8) is 0 Å². The summed E-state index contributed by atoms with van der Waals surface area (Å²) < 4.78 is 0. The van der Waals surface area contributed by atoms with Crippen molar-refractivity contribution in [3.8, 4) is 0 Å². The molecular formula is C20H26N4O. The van der Waals surface area contributed by atoms with Gasteiger partial charge in [-0.15, -0.1) is 0 Å². The molecule has 25 heavy (non-hydrogen) atoms. The van der Waals surface area contributed by atoms with Crippen LogP contribution in [0.2, 0.25) is 0 Å². The quantitative estimate of drug-likeness (QED) is 0.934. The van der Waals surface area contributed by atoms with Crippen molar-refractivity contribution in [3.05, 3.63) is 52.3 Å². The van der Waals surface area contributed by atoms with Crippen LogP contribution in [0.25, 0.3) is 0 Å². The van der Waals surface area contributed by atoms with Gasteiger partial charge in [-0.2, -0.15) is 0 Å². The Kier molecular flexibility index (Phi) is 5.02. The summed E-state index contributed by atoms with van der Waals surface area (Å²) >= 11 is 0. The van der Waals surface area contributed by atoms with E-state index in [1.54, 1.807) is 0 Å². The van der Waals surface area contributed by atoms with E-state index in [9.17, 15) is 4.79 Å². The van der Waals surface area contributed by atoms with Crippen LogP contribution >= 0.6 is 0 Å². The fraction of sp³-hybridized carbons (Fsp3) is 0.450. The smallest absolute Gasteiger partial charge is 0.227 e. The fourth-order valence-corrected chi connectivity index (χ4v) is 3.79. The molecule has 1 aliphatic rings. The number of anilines is 1. The van der Waals surface area contributed by atoms with Gasteiger partial charge in [0, 0.05) is 36.0 Å². The molecule has 2 heterocycles. The Hall–Kier alpha value is -2.43. The number of amides is 1. The van der Waals surface area contributed by atoms with Gasteiger partial charge in [-0.25, -0.2) is 9.97 Å². The molecule has 0 radical (unpaired) electrons. The number of rotatable bonds is 3. The second-order valence-electron chi connectivity index (χ2n) is 6.94.